The van der Waals surface area contributed by atoms with Crippen molar-refractivity contribution in [1.82, 2.24) is 10.6 Å². The number of carbonyl (C=O) groups is 3. The van der Waals surface area contributed by atoms with Crippen molar-refractivity contribution in [3.63, 3.8) is 0 Å². The minimum atomic E-state index is -5.18. The van der Waals surface area contributed by atoms with Gasteiger partial charge in [-0.1, -0.05) is 62.4 Å². The molecular formula is C25H27F3N2O5. The summed E-state index contributed by atoms with van der Waals surface area (Å²) in [6, 6.07) is 15.7. The lowest BCUT2D eigenvalue weighted by atomic mass is 9.88. The highest BCUT2D eigenvalue weighted by atomic mass is 19.4. The normalized spacial score (nSPS) is 14.9. The maximum Gasteiger partial charge on any atom is 0.422 e. The highest BCUT2D eigenvalue weighted by molar-refractivity contribution is 5.87. The van der Waals surface area contributed by atoms with E-state index in [-0.39, 0.29) is 19.1 Å². The number of halogens is 3. The van der Waals surface area contributed by atoms with Crippen molar-refractivity contribution in [2.45, 2.75) is 44.8 Å². The number of alkyl halides is 3. The highest BCUT2D eigenvalue weighted by Gasteiger charge is 2.58. The highest BCUT2D eigenvalue weighted by Crippen LogP contribution is 2.44. The molecule has 35 heavy (non-hydrogen) atoms. The molecule has 0 aliphatic heterocycles. The Morgan fingerprint density at radius 2 is 1.46 bits per heavy atom. The predicted molar refractivity (Wildman–Crippen MR) is 122 cm³/mol. The molecule has 188 valence electrons. The standard InChI is InChI=1S/C25H27F3N2O5/c1-23(2,12-20(31)30-24(3,21(32)33)25(26,27)28)14-29-22(34)35-13-19-17-10-6-4-8-15(17)16-9-5-7-11-18(16)19/h4-11,19H,12-14H2,1-3H3,(H,29,34)(H,30,31)(H,32,33). The molecule has 0 spiro atoms. The van der Waals surface area contributed by atoms with Gasteiger partial charge < -0.3 is 20.5 Å². The van der Waals surface area contributed by atoms with E-state index in [1.54, 1.807) is 19.2 Å². The first-order chi connectivity index (χ1) is 16.2. The maximum atomic E-state index is 13.1. The zero-order chi connectivity index (χ0) is 26.0. The quantitative estimate of drug-likeness (QED) is 0.505. The molecule has 0 saturated carbocycles. The van der Waals surface area contributed by atoms with Gasteiger partial charge in [-0.3, -0.25) is 4.79 Å². The van der Waals surface area contributed by atoms with Gasteiger partial charge in [-0.25, -0.2) is 9.59 Å². The number of carboxylic acids is 1. The Bertz CT molecular complexity index is 1090. The summed E-state index contributed by atoms with van der Waals surface area (Å²) in [7, 11) is 0. The number of carbonyl (C=O) groups excluding carboxylic acids is 2. The Hall–Kier alpha value is -3.56. The van der Waals surface area contributed by atoms with Crippen molar-refractivity contribution >= 4 is 18.0 Å². The Morgan fingerprint density at radius 1 is 0.943 bits per heavy atom. The third-order valence-corrected chi connectivity index (χ3v) is 6.08. The second-order valence-electron chi connectivity index (χ2n) is 9.50. The molecule has 0 bridgehead atoms. The summed E-state index contributed by atoms with van der Waals surface area (Å²) in [5, 5.41) is 13.0. The lowest BCUT2D eigenvalue weighted by molar-refractivity contribution is -0.207. The molecule has 0 heterocycles. The smallest absolute Gasteiger partial charge is 0.422 e. The van der Waals surface area contributed by atoms with Gasteiger partial charge in [0.2, 0.25) is 11.4 Å². The molecular weight excluding hydrogens is 465 g/mol. The van der Waals surface area contributed by atoms with Crippen LogP contribution in [0.4, 0.5) is 18.0 Å². The Labute approximate surface area is 200 Å². The van der Waals surface area contributed by atoms with E-state index in [4.69, 9.17) is 9.84 Å². The van der Waals surface area contributed by atoms with Crippen LogP contribution >= 0.6 is 0 Å². The Kier molecular flexibility index (Phi) is 7.14. The van der Waals surface area contributed by atoms with Crippen LogP contribution in [-0.2, 0) is 14.3 Å². The van der Waals surface area contributed by atoms with E-state index in [0.717, 1.165) is 22.3 Å². The van der Waals surface area contributed by atoms with Gasteiger partial charge >= 0.3 is 18.2 Å². The first-order valence-electron chi connectivity index (χ1n) is 11.0. The third-order valence-electron chi connectivity index (χ3n) is 6.08. The molecule has 2 aromatic carbocycles. The molecule has 3 N–H and O–H groups in total. The zero-order valence-corrected chi connectivity index (χ0v) is 19.5. The SMILES string of the molecule is CC(C)(CNC(=O)OCC1c2ccccc2-c2ccccc21)CC(=O)NC(C)(C(=O)O)C(F)(F)F. The van der Waals surface area contributed by atoms with Crippen molar-refractivity contribution in [3.8, 4) is 11.1 Å². The summed E-state index contributed by atoms with van der Waals surface area (Å²) >= 11 is 0. The predicted octanol–water partition coefficient (Wildman–Crippen LogP) is 4.46. The van der Waals surface area contributed by atoms with Gasteiger partial charge in [-0.2, -0.15) is 13.2 Å². The van der Waals surface area contributed by atoms with Gasteiger partial charge in [0.15, 0.2) is 0 Å². The Morgan fingerprint density at radius 3 is 1.94 bits per heavy atom. The van der Waals surface area contributed by atoms with E-state index in [1.165, 1.54) is 0 Å². The molecule has 1 unspecified atom stereocenters. The van der Waals surface area contributed by atoms with E-state index in [1.807, 2.05) is 48.5 Å². The maximum absolute atomic E-state index is 13.1. The van der Waals surface area contributed by atoms with Gasteiger partial charge in [-0.15, -0.1) is 0 Å². The van der Waals surface area contributed by atoms with Crippen molar-refractivity contribution in [1.29, 1.82) is 0 Å². The number of nitrogens with one attached hydrogen (secondary N) is 2. The number of amides is 2. The van der Waals surface area contributed by atoms with Crippen LogP contribution in [-0.4, -0.2) is 47.9 Å². The number of aliphatic carboxylic acids is 1. The molecule has 2 amide bonds. The third kappa shape index (κ3) is 5.58. The van der Waals surface area contributed by atoms with Crippen LogP contribution in [0, 0.1) is 5.41 Å². The van der Waals surface area contributed by atoms with E-state index < -0.39 is 41.5 Å². The molecule has 1 aliphatic carbocycles. The first kappa shape index (κ1) is 26.1. The lowest BCUT2D eigenvalue weighted by Gasteiger charge is -2.31. The number of carboxylic acid groups (broad SMARTS) is 1. The summed E-state index contributed by atoms with van der Waals surface area (Å²) in [6.07, 6.45) is -6.36. The first-order valence-corrected chi connectivity index (χ1v) is 11.0. The van der Waals surface area contributed by atoms with Crippen molar-refractivity contribution in [3.05, 3.63) is 59.7 Å². The van der Waals surface area contributed by atoms with E-state index >= 15 is 0 Å². The van der Waals surface area contributed by atoms with Gasteiger partial charge in [0, 0.05) is 18.9 Å². The average molecular weight is 492 g/mol. The second-order valence-corrected chi connectivity index (χ2v) is 9.50. The summed E-state index contributed by atoms with van der Waals surface area (Å²) < 4.78 is 44.8. The summed E-state index contributed by atoms with van der Waals surface area (Å²) in [5.41, 5.74) is -0.136. The van der Waals surface area contributed by atoms with E-state index in [2.05, 4.69) is 5.32 Å². The zero-order valence-electron chi connectivity index (χ0n) is 19.5. The number of hydrogen-bond acceptors (Lipinski definition) is 4. The van der Waals surface area contributed by atoms with Gasteiger partial charge in [-0.05, 0) is 34.6 Å². The molecule has 7 nitrogen and oxygen atoms in total. The van der Waals surface area contributed by atoms with Crippen molar-refractivity contribution in [2.24, 2.45) is 5.41 Å². The summed E-state index contributed by atoms with van der Waals surface area (Å²) in [5.74, 6) is -3.46. The van der Waals surface area contributed by atoms with Crippen molar-refractivity contribution in [2.75, 3.05) is 13.2 Å². The number of fused-ring (bicyclic) bond motifs is 3. The molecule has 0 aromatic heterocycles. The minimum absolute atomic E-state index is 0.0765. The van der Waals surface area contributed by atoms with Gasteiger partial charge in [0.1, 0.15) is 6.61 Å². The number of rotatable bonds is 8. The fraction of sp³-hybridized carbons (Fsp3) is 0.400. The van der Waals surface area contributed by atoms with Crippen LogP contribution in [0.1, 0.15) is 44.2 Å². The topological polar surface area (TPSA) is 105 Å². The van der Waals surface area contributed by atoms with Crippen molar-refractivity contribution < 1.29 is 37.4 Å². The number of alkyl carbamates (subject to hydrolysis) is 1. The van der Waals surface area contributed by atoms with Crippen LogP contribution in [0.5, 0.6) is 0 Å². The lowest BCUT2D eigenvalue weighted by Crippen LogP contribution is -2.62. The number of hydrogen-bond donors (Lipinski definition) is 3. The van der Waals surface area contributed by atoms with E-state index in [0.29, 0.717) is 6.92 Å². The molecule has 0 saturated heterocycles. The summed E-state index contributed by atoms with van der Waals surface area (Å²) in [6.45, 7) is 3.51. The molecule has 0 radical (unpaired) electrons. The Balaban J connectivity index is 1.55. The minimum Gasteiger partial charge on any atom is -0.479 e. The molecule has 1 aliphatic rings. The molecule has 10 heteroatoms. The number of benzene rings is 2. The molecule has 2 aromatic rings. The van der Waals surface area contributed by atoms with Crippen LogP contribution in [0.3, 0.4) is 0 Å². The molecule has 1 atom stereocenters. The average Bonchev–Trinajstić information content (AvgIpc) is 3.09. The fourth-order valence-corrected chi connectivity index (χ4v) is 4.03. The van der Waals surface area contributed by atoms with Gasteiger partial charge in [0.05, 0.1) is 0 Å². The van der Waals surface area contributed by atoms with Crippen LogP contribution in [0.2, 0.25) is 0 Å². The second kappa shape index (κ2) is 9.59. The molecule has 3 rings (SSSR count). The monoisotopic (exact) mass is 492 g/mol. The van der Waals surface area contributed by atoms with Gasteiger partial charge in [0.25, 0.3) is 0 Å². The fourth-order valence-electron chi connectivity index (χ4n) is 4.03. The van der Waals surface area contributed by atoms with Crippen LogP contribution in [0.15, 0.2) is 48.5 Å². The molecule has 0 fully saturated rings. The largest absolute Gasteiger partial charge is 0.479 e. The van der Waals surface area contributed by atoms with Crippen LogP contribution < -0.4 is 10.6 Å². The summed E-state index contributed by atoms with van der Waals surface area (Å²) in [4.78, 5) is 35.6. The van der Waals surface area contributed by atoms with Crippen LogP contribution in [0.25, 0.3) is 11.1 Å². The number of ether oxygens (including phenoxy) is 1. The van der Waals surface area contributed by atoms with E-state index in [9.17, 15) is 27.6 Å².